The number of nitrogens with one attached hydrogen (secondary N) is 1. The number of ether oxygens (including phenoxy) is 1. The average molecular weight is 363 g/mol. The van der Waals surface area contributed by atoms with Crippen LogP contribution in [0.5, 0.6) is 5.75 Å². The molecule has 7 nitrogen and oxygen atoms in total. The van der Waals surface area contributed by atoms with E-state index in [0.29, 0.717) is 22.9 Å². The van der Waals surface area contributed by atoms with Gasteiger partial charge in [-0.25, -0.2) is 0 Å². The normalized spacial score (nSPS) is 16.3. The number of hydrogen-bond donors (Lipinski definition) is 1. The molecule has 3 rings (SSSR count). The molecule has 1 N–H and O–H groups in total. The molecule has 0 saturated heterocycles. The Morgan fingerprint density at radius 2 is 2.32 bits per heavy atom. The Balaban J connectivity index is 1.70. The molecule has 1 amide bonds. The molecule has 8 heteroatoms. The van der Waals surface area contributed by atoms with Gasteiger partial charge in [0.1, 0.15) is 5.75 Å². The highest BCUT2D eigenvalue weighted by Gasteiger charge is 2.31. The predicted molar refractivity (Wildman–Crippen MR) is 95.3 cm³/mol. The maximum Gasteiger partial charge on any atom is 0.268 e. The van der Waals surface area contributed by atoms with Crippen LogP contribution in [0.1, 0.15) is 24.6 Å². The van der Waals surface area contributed by atoms with E-state index < -0.39 is 6.10 Å². The fourth-order valence-corrected chi connectivity index (χ4v) is 2.89. The van der Waals surface area contributed by atoms with Crippen LogP contribution in [0.25, 0.3) is 0 Å². The number of nitrogens with zero attached hydrogens (tertiary/aromatic N) is 3. The fraction of sp³-hybridized carbons (Fsp3) is 0.353. The van der Waals surface area contributed by atoms with Gasteiger partial charge < -0.3 is 14.9 Å². The molecule has 1 unspecified atom stereocenters. The van der Waals surface area contributed by atoms with Gasteiger partial charge in [-0.05, 0) is 32.0 Å². The quantitative estimate of drug-likeness (QED) is 0.886. The summed E-state index contributed by atoms with van der Waals surface area (Å²) < 4.78 is 7.11. The predicted octanol–water partition coefficient (Wildman–Crippen LogP) is 3.01. The van der Waals surface area contributed by atoms with Crippen LogP contribution in [0.2, 0.25) is 5.02 Å². The summed E-state index contributed by atoms with van der Waals surface area (Å²) >= 11 is 5.98. The lowest BCUT2D eigenvalue weighted by molar-refractivity contribution is -0.125. The Hall–Kier alpha value is -2.54. The van der Waals surface area contributed by atoms with Crippen molar-refractivity contribution in [2.24, 2.45) is 5.16 Å². The molecule has 1 aliphatic rings. The minimum Gasteiger partial charge on any atom is -0.495 e. The minimum atomic E-state index is -0.705. The van der Waals surface area contributed by atoms with Crippen LogP contribution in [0.4, 0.5) is 5.69 Å². The molecular formula is C17H19ClN4O3. The van der Waals surface area contributed by atoms with Crippen LogP contribution in [0.3, 0.4) is 0 Å². The number of halogens is 1. The van der Waals surface area contributed by atoms with E-state index >= 15 is 0 Å². The van der Waals surface area contributed by atoms with Gasteiger partial charge in [-0.3, -0.25) is 9.48 Å². The number of amides is 1. The van der Waals surface area contributed by atoms with E-state index in [0.717, 1.165) is 23.5 Å². The number of carbonyl (C=O) groups is 1. The third kappa shape index (κ3) is 3.46. The number of benzene rings is 1. The van der Waals surface area contributed by atoms with E-state index in [1.54, 1.807) is 24.4 Å². The van der Waals surface area contributed by atoms with Gasteiger partial charge in [0, 0.05) is 29.2 Å². The van der Waals surface area contributed by atoms with Gasteiger partial charge in [-0.1, -0.05) is 16.8 Å². The van der Waals surface area contributed by atoms with Crippen molar-refractivity contribution in [1.29, 1.82) is 0 Å². The lowest BCUT2D eigenvalue weighted by Crippen LogP contribution is -2.28. The summed E-state index contributed by atoms with van der Waals surface area (Å²) in [5, 5.41) is 11.6. The van der Waals surface area contributed by atoms with E-state index in [-0.39, 0.29) is 5.91 Å². The molecule has 1 atom stereocenters. The Morgan fingerprint density at radius 3 is 3.00 bits per heavy atom. The number of carbonyl (C=O) groups excluding carboxylic acids is 1. The minimum absolute atomic E-state index is 0.306. The summed E-state index contributed by atoms with van der Waals surface area (Å²) in [7, 11) is 1.53. The monoisotopic (exact) mass is 362 g/mol. The molecule has 0 bridgehead atoms. The third-order valence-corrected chi connectivity index (χ3v) is 4.33. The van der Waals surface area contributed by atoms with Crippen LogP contribution < -0.4 is 10.1 Å². The first-order valence-corrected chi connectivity index (χ1v) is 8.31. The lowest BCUT2D eigenvalue weighted by Gasteiger charge is -2.12. The summed E-state index contributed by atoms with van der Waals surface area (Å²) in [5.41, 5.74) is 3.11. The van der Waals surface area contributed by atoms with Crippen molar-refractivity contribution in [3.05, 3.63) is 40.7 Å². The zero-order valence-electron chi connectivity index (χ0n) is 14.2. The van der Waals surface area contributed by atoms with E-state index in [1.165, 1.54) is 7.11 Å². The van der Waals surface area contributed by atoms with Crippen LogP contribution in [-0.4, -0.2) is 34.6 Å². The highest BCUT2D eigenvalue weighted by Crippen LogP contribution is 2.28. The molecule has 2 aromatic rings. The van der Waals surface area contributed by atoms with E-state index in [1.807, 2.05) is 18.5 Å². The van der Waals surface area contributed by atoms with Gasteiger partial charge in [-0.2, -0.15) is 5.10 Å². The number of oxime groups is 1. The lowest BCUT2D eigenvalue weighted by atomic mass is 10.1. The Morgan fingerprint density at radius 1 is 1.52 bits per heavy atom. The summed E-state index contributed by atoms with van der Waals surface area (Å²) in [6.07, 6.45) is 1.43. The first kappa shape index (κ1) is 17.3. The number of anilines is 1. The number of hydrogen-bond acceptors (Lipinski definition) is 5. The van der Waals surface area contributed by atoms with Crippen LogP contribution >= 0.6 is 11.6 Å². The maximum absolute atomic E-state index is 12.5. The molecule has 0 fully saturated rings. The molecule has 132 valence electrons. The highest BCUT2D eigenvalue weighted by atomic mass is 35.5. The SMILES string of the molecule is CCn1ncc(C2=NOC(C(=O)Nc3cc(Cl)ccc3OC)C2)c1C. The maximum atomic E-state index is 12.5. The van der Waals surface area contributed by atoms with Crippen LogP contribution in [0, 0.1) is 6.92 Å². The second-order valence-corrected chi connectivity index (χ2v) is 6.07. The highest BCUT2D eigenvalue weighted by molar-refractivity contribution is 6.31. The number of aryl methyl sites for hydroxylation is 1. The average Bonchev–Trinajstić information content (AvgIpc) is 3.21. The second-order valence-electron chi connectivity index (χ2n) is 5.63. The molecule has 1 aliphatic heterocycles. The smallest absolute Gasteiger partial charge is 0.268 e. The van der Waals surface area contributed by atoms with Crippen LogP contribution in [0.15, 0.2) is 29.6 Å². The summed E-state index contributed by atoms with van der Waals surface area (Å²) in [6.45, 7) is 4.77. The first-order chi connectivity index (χ1) is 12.0. The molecule has 0 radical (unpaired) electrons. The van der Waals surface area contributed by atoms with Gasteiger partial charge >= 0.3 is 0 Å². The summed E-state index contributed by atoms with van der Waals surface area (Å²) in [4.78, 5) is 17.8. The van der Waals surface area contributed by atoms with Gasteiger partial charge in [0.05, 0.1) is 24.7 Å². The largest absolute Gasteiger partial charge is 0.495 e. The standard InChI is InChI=1S/C17H19ClN4O3/c1-4-22-10(2)12(9-19-22)13-8-16(25-21-13)17(23)20-14-7-11(18)5-6-15(14)24-3/h5-7,9,16H,4,8H2,1-3H3,(H,20,23). The summed E-state index contributed by atoms with van der Waals surface area (Å²) in [6, 6.07) is 5.01. The Kier molecular flexibility index (Phi) is 4.94. The zero-order chi connectivity index (χ0) is 18.0. The van der Waals surface area contributed by atoms with Crippen molar-refractivity contribution in [1.82, 2.24) is 9.78 Å². The topological polar surface area (TPSA) is 77.7 Å². The van der Waals surface area contributed by atoms with Crippen LogP contribution in [-0.2, 0) is 16.2 Å². The number of aromatic nitrogens is 2. The molecule has 25 heavy (non-hydrogen) atoms. The van der Waals surface area contributed by atoms with Crippen molar-refractivity contribution >= 4 is 28.9 Å². The number of rotatable bonds is 5. The van der Waals surface area contributed by atoms with Crippen molar-refractivity contribution < 1.29 is 14.4 Å². The molecular weight excluding hydrogens is 344 g/mol. The first-order valence-electron chi connectivity index (χ1n) is 7.93. The molecule has 0 spiro atoms. The van der Waals surface area contributed by atoms with Gasteiger partial charge in [0.25, 0.3) is 5.91 Å². The van der Waals surface area contributed by atoms with Crippen molar-refractivity contribution in [3.8, 4) is 5.75 Å². The third-order valence-electron chi connectivity index (χ3n) is 4.09. The second kappa shape index (κ2) is 7.14. The van der Waals surface area contributed by atoms with Gasteiger partial charge in [0.15, 0.2) is 0 Å². The Labute approximate surface area is 150 Å². The van der Waals surface area contributed by atoms with Gasteiger partial charge in [0.2, 0.25) is 6.10 Å². The Bertz CT molecular complexity index is 831. The summed E-state index contributed by atoms with van der Waals surface area (Å²) in [5.74, 6) is 0.219. The fourth-order valence-electron chi connectivity index (χ4n) is 2.72. The van der Waals surface area contributed by atoms with E-state index in [4.69, 9.17) is 21.2 Å². The van der Waals surface area contributed by atoms with Gasteiger partial charge in [-0.15, -0.1) is 0 Å². The van der Waals surface area contributed by atoms with E-state index in [9.17, 15) is 4.79 Å². The molecule has 1 aromatic carbocycles. The van der Waals surface area contributed by atoms with Crippen molar-refractivity contribution in [2.45, 2.75) is 32.9 Å². The van der Waals surface area contributed by atoms with E-state index in [2.05, 4.69) is 15.6 Å². The zero-order valence-corrected chi connectivity index (χ0v) is 15.0. The number of methoxy groups -OCH3 is 1. The molecule has 0 aliphatic carbocycles. The molecule has 2 heterocycles. The van der Waals surface area contributed by atoms with Crippen molar-refractivity contribution in [2.75, 3.05) is 12.4 Å². The molecule has 1 aromatic heterocycles. The van der Waals surface area contributed by atoms with Crippen molar-refractivity contribution in [3.63, 3.8) is 0 Å². The molecule has 0 saturated carbocycles.